The molecule has 1 heterocycles. The molecule has 0 bridgehead atoms. The second kappa shape index (κ2) is 4.72. The molecule has 1 aliphatic heterocycles. The topological polar surface area (TPSA) is 43.4 Å². The van der Waals surface area contributed by atoms with Gasteiger partial charge in [0, 0.05) is 17.9 Å². The molecule has 1 aliphatic rings. The summed E-state index contributed by atoms with van der Waals surface area (Å²) < 4.78 is 30.1. The molecule has 1 aromatic carbocycles. The monoisotopic (exact) mass is 270 g/mol. The summed E-state index contributed by atoms with van der Waals surface area (Å²) in [5.41, 5.74) is 0.771. The van der Waals surface area contributed by atoms with Gasteiger partial charge in [-0.15, -0.1) is 0 Å². The highest BCUT2D eigenvalue weighted by molar-refractivity contribution is 8.01. The van der Waals surface area contributed by atoms with Crippen LogP contribution in [0.2, 0.25) is 0 Å². The van der Waals surface area contributed by atoms with Gasteiger partial charge in [-0.05, 0) is 46.1 Å². The largest absolute Gasteiger partial charge is 0.482 e. The fraction of sp³-hybridized carbons (Fsp3) is 0.385. The number of rotatable bonds is 2. The van der Waals surface area contributed by atoms with Gasteiger partial charge in [-0.3, -0.25) is 9.00 Å². The Morgan fingerprint density at radius 3 is 2.89 bits per heavy atom. The van der Waals surface area contributed by atoms with Crippen molar-refractivity contribution in [1.29, 1.82) is 0 Å². The van der Waals surface area contributed by atoms with Gasteiger partial charge in [0.15, 0.2) is 6.10 Å². The molecule has 3 nitrogen and oxygen atoms in total. The molecular formula is C13H15FO3S. The fourth-order valence-corrected chi connectivity index (χ4v) is 2.62. The van der Waals surface area contributed by atoms with E-state index in [1.165, 1.54) is 36.1 Å². The molecule has 1 aromatic rings. The predicted octanol–water partition coefficient (Wildman–Crippen LogP) is 1.43. The lowest BCUT2D eigenvalue weighted by Crippen LogP contribution is -2.33. The highest BCUT2D eigenvalue weighted by atomic mass is 32.2. The second-order valence-electron chi connectivity index (χ2n) is 4.73. The van der Waals surface area contributed by atoms with Crippen LogP contribution in [-0.2, 0) is 20.7 Å². The van der Waals surface area contributed by atoms with E-state index in [0.29, 0.717) is 18.6 Å². The van der Waals surface area contributed by atoms with Gasteiger partial charge in [-0.1, -0.05) is 0 Å². The van der Waals surface area contributed by atoms with Crippen LogP contribution in [-0.4, -0.2) is 34.0 Å². The highest BCUT2D eigenvalue weighted by Gasteiger charge is 2.25. The van der Waals surface area contributed by atoms with Crippen LogP contribution in [0.5, 0.6) is 5.75 Å². The van der Waals surface area contributed by atoms with Crippen molar-refractivity contribution in [3.8, 4) is 5.75 Å². The fourth-order valence-electron chi connectivity index (χ4n) is 1.91. The Bertz CT molecular complexity index is 592. The van der Waals surface area contributed by atoms with E-state index in [4.69, 9.17) is 4.74 Å². The minimum atomic E-state index is -2.22. The summed E-state index contributed by atoms with van der Waals surface area (Å²) in [6, 6.07) is 4.25. The molecule has 0 N–H and O–H groups in total. The third kappa shape index (κ3) is 3.10. The molecule has 0 saturated heterocycles. The standard InChI is InChI=1S/C13H15FO3S/c1-18(2,16)8-11(15)13-5-3-9-7-10(14)4-6-12(9)17-13/h4,6-8,13H,3,5H2,1-2H3/t13-/m0/s1. The molecule has 0 aromatic heterocycles. The average Bonchev–Trinajstić information content (AvgIpc) is 2.26. The minimum Gasteiger partial charge on any atom is -0.482 e. The maximum absolute atomic E-state index is 13.0. The zero-order valence-corrected chi connectivity index (χ0v) is 11.1. The first-order valence-corrected chi connectivity index (χ1v) is 8.07. The van der Waals surface area contributed by atoms with E-state index < -0.39 is 15.6 Å². The molecule has 0 amide bonds. The van der Waals surface area contributed by atoms with Crippen LogP contribution < -0.4 is 4.74 Å². The number of hydrogen-bond donors (Lipinski definition) is 0. The molecule has 0 radical (unpaired) electrons. The lowest BCUT2D eigenvalue weighted by molar-refractivity contribution is -0.119. The number of ketones is 1. The Hall–Kier alpha value is -1.36. The number of aryl methyl sites for hydroxylation is 1. The number of carbonyl (C=O) groups excluding carboxylic acids is 1. The summed E-state index contributed by atoms with van der Waals surface area (Å²) >= 11 is 0. The Balaban J connectivity index is 2.20. The quantitative estimate of drug-likeness (QED) is 0.764. The van der Waals surface area contributed by atoms with Gasteiger partial charge >= 0.3 is 0 Å². The number of carbonyl (C=O) groups is 1. The van der Waals surface area contributed by atoms with Crippen molar-refractivity contribution in [3.05, 3.63) is 29.6 Å². The summed E-state index contributed by atoms with van der Waals surface area (Å²) in [4.78, 5) is 11.9. The Morgan fingerprint density at radius 2 is 2.22 bits per heavy atom. The summed E-state index contributed by atoms with van der Waals surface area (Å²) in [6.07, 6.45) is 3.49. The minimum absolute atomic E-state index is 0.264. The zero-order valence-electron chi connectivity index (χ0n) is 10.3. The zero-order chi connectivity index (χ0) is 13.3. The number of ether oxygens (including phenoxy) is 1. The molecule has 98 valence electrons. The van der Waals surface area contributed by atoms with Crippen LogP contribution in [0.1, 0.15) is 12.0 Å². The van der Waals surface area contributed by atoms with Crippen molar-refractivity contribution >= 4 is 20.7 Å². The van der Waals surface area contributed by atoms with E-state index >= 15 is 0 Å². The molecule has 0 fully saturated rings. The van der Waals surface area contributed by atoms with Gasteiger partial charge in [-0.2, -0.15) is 0 Å². The Kier molecular flexibility index (Phi) is 3.43. The van der Waals surface area contributed by atoms with Gasteiger partial charge in [-0.25, -0.2) is 4.39 Å². The van der Waals surface area contributed by atoms with Gasteiger partial charge in [0.25, 0.3) is 0 Å². The molecule has 2 rings (SSSR count). The van der Waals surface area contributed by atoms with Crippen LogP contribution in [0.3, 0.4) is 0 Å². The molecule has 0 unspecified atom stereocenters. The summed E-state index contributed by atoms with van der Waals surface area (Å²) in [6.45, 7) is 0. The average molecular weight is 270 g/mol. The lowest BCUT2D eigenvalue weighted by Gasteiger charge is -2.24. The van der Waals surface area contributed by atoms with E-state index in [9.17, 15) is 13.4 Å². The molecular weight excluding hydrogens is 255 g/mol. The molecule has 0 aliphatic carbocycles. The van der Waals surface area contributed by atoms with Crippen molar-refractivity contribution in [2.75, 3.05) is 12.5 Å². The van der Waals surface area contributed by atoms with Crippen molar-refractivity contribution in [3.63, 3.8) is 0 Å². The van der Waals surface area contributed by atoms with Crippen molar-refractivity contribution in [2.24, 2.45) is 0 Å². The van der Waals surface area contributed by atoms with Crippen LogP contribution in [0, 0.1) is 5.82 Å². The van der Waals surface area contributed by atoms with E-state index in [-0.39, 0.29) is 11.6 Å². The second-order valence-corrected chi connectivity index (χ2v) is 7.58. The van der Waals surface area contributed by atoms with E-state index in [2.05, 4.69) is 0 Å². The van der Waals surface area contributed by atoms with Crippen LogP contribution in [0.15, 0.2) is 18.2 Å². The SMILES string of the molecule is CS(C)(=O)=CC(=O)[C@@H]1CCc2cc(F)ccc2O1. The summed E-state index contributed by atoms with van der Waals surface area (Å²) in [5.74, 6) is -0.0353. The maximum Gasteiger partial charge on any atom is 0.203 e. The molecule has 1 atom stereocenters. The maximum atomic E-state index is 13.0. The smallest absolute Gasteiger partial charge is 0.203 e. The number of hydrogen-bond acceptors (Lipinski definition) is 3. The third-order valence-electron chi connectivity index (χ3n) is 2.68. The number of halogens is 1. The van der Waals surface area contributed by atoms with Crippen molar-refractivity contribution < 1.29 is 18.1 Å². The first-order chi connectivity index (χ1) is 8.35. The van der Waals surface area contributed by atoms with E-state index in [1.54, 1.807) is 0 Å². The molecule has 0 spiro atoms. The van der Waals surface area contributed by atoms with Crippen LogP contribution >= 0.6 is 0 Å². The van der Waals surface area contributed by atoms with E-state index in [0.717, 1.165) is 5.56 Å². The van der Waals surface area contributed by atoms with Gasteiger partial charge in [0.1, 0.15) is 11.6 Å². The number of benzene rings is 1. The van der Waals surface area contributed by atoms with Crippen LogP contribution in [0.4, 0.5) is 4.39 Å². The molecule has 18 heavy (non-hydrogen) atoms. The highest BCUT2D eigenvalue weighted by Crippen LogP contribution is 2.28. The predicted molar refractivity (Wildman–Crippen MR) is 70.2 cm³/mol. The first-order valence-electron chi connectivity index (χ1n) is 5.63. The normalized spacial score (nSPS) is 18.7. The Morgan fingerprint density at radius 1 is 1.50 bits per heavy atom. The molecule has 5 heteroatoms. The third-order valence-corrected chi connectivity index (χ3v) is 3.48. The van der Waals surface area contributed by atoms with Crippen molar-refractivity contribution in [1.82, 2.24) is 0 Å². The number of fused-ring (bicyclic) bond motifs is 1. The summed E-state index contributed by atoms with van der Waals surface area (Å²) in [5, 5.41) is 1.23. The van der Waals surface area contributed by atoms with Gasteiger partial charge in [0.2, 0.25) is 5.78 Å². The summed E-state index contributed by atoms with van der Waals surface area (Å²) in [7, 11) is -2.22. The first kappa shape index (κ1) is 13.1. The van der Waals surface area contributed by atoms with Gasteiger partial charge < -0.3 is 4.74 Å². The molecule has 0 saturated carbocycles. The van der Waals surface area contributed by atoms with Gasteiger partial charge in [0.05, 0.1) is 0 Å². The van der Waals surface area contributed by atoms with Crippen LogP contribution in [0.25, 0.3) is 0 Å². The van der Waals surface area contributed by atoms with E-state index in [1.807, 2.05) is 0 Å². The lowest BCUT2D eigenvalue weighted by atomic mass is 10.0. The van der Waals surface area contributed by atoms with Crippen molar-refractivity contribution in [2.45, 2.75) is 18.9 Å². The Labute approximate surface area is 106 Å². The number of Topliss-reactive ketones (excluding diaryl/α,β-unsaturated/α-hetero) is 1.